The lowest BCUT2D eigenvalue weighted by atomic mass is 10.0. The van der Waals surface area contributed by atoms with Gasteiger partial charge in [-0.1, -0.05) is 18.2 Å². The Morgan fingerprint density at radius 2 is 1.97 bits per heavy atom. The van der Waals surface area contributed by atoms with Gasteiger partial charge in [0.05, 0.1) is 31.7 Å². The summed E-state index contributed by atoms with van der Waals surface area (Å²) in [6, 6.07) is 13.2. The Hall–Kier alpha value is -3.74. The van der Waals surface area contributed by atoms with Gasteiger partial charge in [0.1, 0.15) is 6.42 Å². The smallest absolute Gasteiger partial charge is 0.341 e. The van der Waals surface area contributed by atoms with E-state index in [1.165, 1.54) is 7.11 Å². The van der Waals surface area contributed by atoms with Crippen LogP contribution in [0.4, 0.5) is 5.69 Å². The number of aryl methyl sites for hydroxylation is 1. The molecule has 0 amide bonds. The topological polar surface area (TPSA) is 107 Å². The number of aromatic nitrogens is 2. The molecule has 0 unspecified atom stereocenters. The zero-order valence-electron chi connectivity index (χ0n) is 17.9. The molecular weight excluding hydrogens is 394 g/mol. The molecule has 0 atom stereocenters. The number of nitrogen functional groups attached to an aromatic ring is 1. The highest BCUT2D eigenvalue weighted by Gasteiger charge is 2.14. The second kappa shape index (κ2) is 9.84. The van der Waals surface area contributed by atoms with Gasteiger partial charge in [-0.15, -0.1) is 0 Å². The summed E-state index contributed by atoms with van der Waals surface area (Å²) in [5.74, 6) is -0.658. The number of hydrogen-bond acceptors (Lipinski definition) is 6. The van der Waals surface area contributed by atoms with Crippen molar-refractivity contribution in [1.82, 2.24) is 10.2 Å². The second-order valence-electron chi connectivity index (χ2n) is 7.28. The number of H-pyrrole nitrogens is 1. The number of nitrogens with two attached hydrogens (primary N) is 1. The minimum Gasteiger partial charge on any atom is -0.469 e. The van der Waals surface area contributed by atoms with Crippen LogP contribution >= 0.6 is 0 Å². The standard InChI is InChI=1S/C24H25N3O4/c1-4-9-31-24(29)20-8-7-18(10-15(20)2)22-14-19(26-27-22)11-16-5-6-17(21(25)12-16)13-23(28)30-3/h4-8,10,12,14H,9,11,13,25H2,1-3H3/p+1. The molecule has 160 valence electrons. The van der Waals surface area contributed by atoms with Gasteiger partial charge in [-0.3, -0.25) is 9.89 Å². The van der Waals surface area contributed by atoms with Crippen molar-refractivity contribution in [3.8, 4) is 11.3 Å². The van der Waals surface area contributed by atoms with Gasteiger partial charge in [-0.05, 0) is 47.9 Å². The average molecular weight is 420 g/mol. The van der Waals surface area contributed by atoms with E-state index in [1.807, 2.05) is 50.2 Å². The molecule has 0 fully saturated rings. The van der Waals surface area contributed by atoms with Gasteiger partial charge in [0.15, 0.2) is 0 Å². The monoisotopic (exact) mass is 420 g/mol. The summed E-state index contributed by atoms with van der Waals surface area (Å²) in [7, 11) is 1.36. The summed E-state index contributed by atoms with van der Waals surface area (Å²) >= 11 is 0. The number of carbonyl (C=O) groups is 2. The number of carbonyl (C=O) groups excluding carboxylic acids is 2. The third kappa shape index (κ3) is 5.45. The molecule has 31 heavy (non-hydrogen) atoms. The van der Waals surface area contributed by atoms with E-state index in [-0.39, 0.29) is 25.0 Å². The Labute approximate surface area is 181 Å². The maximum atomic E-state index is 12.1. The molecule has 2 aromatic carbocycles. The minimum absolute atomic E-state index is 0.149. The largest absolute Gasteiger partial charge is 0.469 e. The number of nitrogens with one attached hydrogen (secondary N) is 1. The minimum atomic E-state index is -0.335. The van der Waals surface area contributed by atoms with Gasteiger partial charge in [0.25, 0.3) is 0 Å². The summed E-state index contributed by atoms with van der Waals surface area (Å²) in [5, 5.41) is 7.45. The number of anilines is 1. The molecule has 7 heteroatoms. The van der Waals surface area contributed by atoms with E-state index in [4.69, 9.17) is 15.2 Å². The lowest BCUT2D eigenvalue weighted by molar-refractivity contribution is -0.139. The number of benzene rings is 2. The summed E-state index contributed by atoms with van der Waals surface area (Å²) in [4.78, 5) is 23.6. The maximum Gasteiger partial charge on any atom is 0.341 e. The molecule has 7 nitrogen and oxygen atoms in total. The summed E-state index contributed by atoms with van der Waals surface area (Å²) < 4.78 is 9.86. The number of esters is 2. The van der Waals surface area contributed by atoms with Crippen LogP contribution in [-0.2, 0) is 27.1 Å². The number of ether oxygens (including phenoxy) is 2. The fourth-order valence-corrected chi connectivity index (χ4v) is 3.25. The Balaban J connectivity index is 1.72. The number of methoxy groups -OCH3 is 1. The van der Waals surface area contributed by atoms with Crippen molar-refractivity contribution in [2.45, 2.75) is 26.7 Å². The Morgan fingerprint density at radius 3 is 2.65 bits per heavy atom. The normalized spacial score (nSPS) is 10.5. The van der Waals surface area contributed by atoms with Crippen LogP contribution < -0.4 is 5.73 Å². The summed E-state index contributed by atoms with van der Waals surface area (Å²) in [6.45, 7) is 4.00. The van der Waals surface area contributed by atoms with Crippen LogP contribution in [0.1, 0.15) is 39.7 Å². The summed E-state index contributed by atoms with van der Waals surface area (Å²) in [6.07, 6.45) is 2.55. The predicted octanol–water partition coefficient (Wildman–Crippen LogP) is 3.65. The van der Waals surface area contributed by atoms with Crippen molar-refractivity contribution < 1.29 is 19.1 Å². The zero-order valence-corrected chi connectivity index (χ0v) is 17.9. The van der Waals surface area contributed by atoms with Crippen molar-refractivity contribution in [2.24, 2.45) is 0 Å². The molecule has 0 radical (unpaired) electrons. The molecule has 0 saturated carbocycles. The third-order valence-electron chi connectivity index (χ3n) is 4.92. The van der Waals surface area contributed by atoms with Crippen molar-refractivity contribution in [2.75, 3.05) is 19.5 Å². The maximum absolute atomic E-state index is 12.1. The molecule has 0 saturated heterocycles. The first-order chi connectivity index (χ1) is 14.9. The van der Waals surface area contributed by atoms with Crippen LogP contribution in [0.5, 0.6) is 0 Å². The Bertz CT molecular complexity index is 1090. The summed E-state index contributed by atoms with van der Waals surface area (Å²) in [5.41, 5.74) is 12.4. The van der Waals surface area contributed by atoms with Gasteiger partial charge < -0.3 is 15.2 Å². The number of aromatic amines is 1. The first-order valence-electron chi connectivity index (χ1n) is 9.95. The molecule has 3 N–H and O–H groups in total. The molecule has 3 aromatic rings. The van der Waals surface area contributed by atoms with Gasteiger partial charge in [-0.2, -0.15) is 5.10 Å². The fourth-order valence-electron chi connectivity index (χ4n) is 3.25. The molecule has 0 aliphatic heterocycles. The Kier molecular flexibility index (Phi) is 6.97. The molecule has 1 heterocycles. The van der Waals surface area contributed by atoms with E-state index in [0.29, 0.717) is 17.7 Å². The van der Waals surface area contributed by atoms with Crippen molar-refractivity contribution >= 4 is 17.6 Å². The lowest BCUT2D eigenvalue weighted by Gasteiger charge is -2.07. The van der Waals surface area contributed by atoms with E-state index < -0.39 is 0 Å². The van der Waals surface area contributed by atoms with E-state index in [1.54, 1.807) is 12.5 Å². The quantitative estimate of drug-likeness (QED) is 0.327. The SMILES string of the molecule is C[CH+]COC(=O)c1ccc(-c2cc(Cc3ccc(CC(=O)OC)c(N)c3)[nH]n2)cc1C. The van der Waals surface area contributed by atoms with E-state index in [9.17, 15) is 9.59 Å². The first kappa shape index (κ1) is 22.0. The van der Waals surface area contributed by atoms with Gasteiger partial charge >= 0.3 is 11.9 Å². The highest BCUT2D eigenvalue weighted by Crippen LogP contribution is 2.23. The second-order valence-corrected chi connectivity index (χ2v) is 7.28. The van der Waals surface area contributed by atoms with Gasteiger partial charge in [-0.25, -0.2) is 4.79 Å². The average Bonchev–Trinajstić information content (AvgIpc) is 3.22. The van der Waals surface area contributed by atoms with Crippen LogP contribution in [-0.4, -0.2) is 35.9 Å². The van der Waals surface area contributed by atoms with E-state index >= 15 is 0 Å². The van der Waals surface area contributed by atoms with Crippen LogP contribution in [0.15, 0.2) is 42.5 Å². The van der Waals surface area contributed by atoms with Crippen molar-refractivity contribution in [1.29, 1.82) is 0 Å². The van der Waals surface area contributed by atoms with Crippen LogP contribution in [0.3, 0.4) is 0 Å². The predicted molar refractivity (Wildman–Crippen MR) is 118 cm³/mol. The molecule has 0 spiro atoms. The highest BCUT2D eigenvalue weighted by atomic mass is 16.5. The van der Waals surface area contributed by atoms with Crippen molar-refractivity contribution in [3.63, 3.8) is 0 Å². The van der Waals surface area contributed by atoms with Crippen LogP contribution in [0.25, 0.3) is 11.3 Å². The molecule has 0 aliphatic rings. The highest BCUT2D eigenvalue weighted by molar-refractivity contribution is 5.91. The van der Waals surface area contributed by atoms with Crippen LogP contribution in [0, 0.1) is 13.3 Å². The molecule has 3 rings (SSSR count). The first-order valence-corrected chi connectivity index (χ1v) is 9.95. The number of rotatable bonds is 8. The zero-order chi connectivity index (χ0) is 22.4. The Morgan fingerprint density at radius 1 is 1.16 bits per heavy atom. The van der Waals surface area contributed by atoms with Gasteiger partial charge in [0, 0.05) is 23.4 Å². The lowest BCUT2D eigenvalue weighted by Crippen LogP contribution is -2.07. The molecule has 1 aromatic heterocycles. The number of hydrogen-bond donors (Lipinski definition) is 2. The van der Waals surface area contributed by atoms with Gasteiger partial charge in [0.2, 0.25) is 6.61 Å². The fraction of sp³-hybridized carbons (Fsp3) is 0.250. The van der Waals surface area contributed by atoms with E-state index in [2.05, 4.69) is 10.2 Å². The third-order valence-corrected chi connectivity index (χ3v) is 4.92. The number of nitrogens with zero attached hydrogens (tertiary/aromatic N) is 1. The molecular formula is C24H26N3O4+. The van der Waals surface area contributed by atoms with E-state index in [0.717, 1.165) is 33.6 Å². The van der Waals surface area contributed by atoms with Crippen LogP contribution in [0.2, 0.25) is 0 Å². The molecule has 0 aliphatic carbocycles. The van der Waals surface area contributed by atoms with Crippen molar-refractivity contribution in [3.05, 3.63) is 76.8 Å². The molecule has 0 bridgehead atoms.